The zero-order valence-corrected chi connectivity index (χ0v) is 20.2. The van der Waals surface area contributed by atoms with E-state index in [1.54, 1.807) is 34.9 Å². The van der Waals surface area contributed by atoms with Crippen molar-refractivity contribution in [2.45, 2.75) is 25.0 Å². The Kier molecular flexibility index (Phi) is 7.74. The van der Waals surface area contributed by atoms with Crippen LogP contribution in [0, 0.1) is 5.82 Å². The van der Waals surface area contributed by atoms with Gasteiger partial charge in [-0.25, -0.2) is 14.0 Å². The van der Waals surface area contributed by atoms with Crippen molar-refractivity contribution >= 4 is 28.5 Å². The molecular formula is C26H28FN3O7. The van der Waals surface area contributed by atoms with Crippen LogP contribution < -0.4 is 20.4 Å². The highest BCUT2D eigenvalue weighted by Crippen LogP contribution is 2.43. The van der Waals surface area contributed by atoms with Crippen molar-refractivity contribution < 1.29 is 34.0 Å². The molecule has 1 aliphatic carbocycles. The molecule has 37 heavy (non-hydrogen) atoms. The molecule has 0 bridgehead atoms. The molecule has 0 radical (unpaired) electrons. The molecule has 2 heterocycles. The number of hydrogen-bond acceptors (Lipinski definition) is 7. The molecule has 11 heteroatoms. The Morgan fingerprint density at radius 3 is 2.32 bits per heavy atom. The molecule has 3 aromatic rings. The number of pyridine rings is 1. The van der Waals surface area contributed by atoms with Crippen LogP contribution in [-0.2, 0) is 4.79 Å². The lowest BCUT2D eigenvalue weighted by atomic mass is 10.1. The van der Waals surface area contributed by atoms with E-state index in [-0.39, 0.29) is 17.0 Å². The van der Waals surface area contributed by atoms with Crippen LogP contribution in [0.15, 0.2) is 47.4 Å². The van der Waals surface area contributed by atoms with Crippen LogP contribution in [0.4, 0.5) is 10.1 Å². The molecule has 0 spiro atoms. The lowest BCUT2D eigenvalue weighted by molar-refractivity contribution is -0.146. The van der Waals surface area contributed by atoms with Gasteiger partial charge in [0.1, 0.15) is 11.3 Å². The molecule has 1 aromatic heterocycles. The van der Waals surface area contributed by atoms with Gasteiger partial charge in [0, 0.05) is 38.4 Å². The summed E-state index contributed by atoms with van der Waals surface area (Å²) in [4.78, 5) is 36.2. The van der Waals surface area contributed by atoms with Gasteiger partial charge in [0.25, 0.3) is 0 Å². The Morgan fingerprint density at radius 1 is 1.14 bits per heavy atom. The zero-order chi connectivity index (χ0) is 26.7. The number of carboxylic acids is 2. The number of benzene rings is 2. The van der Waals surface area contributed by atoms with E-state index in [0.717, 1.165) is 32.0 Å². The Labute approximate surface area is 211 Å². The number of carbonyl (C=O) groups is 2. The van der Waals surface area contributed by atoms with Crippen LogP contribution in [0.5, 0.6) is 5.75 Å². The number of ether oxygens (including phenoxy) is 1. The fourth-order valence-electron chi connectivity index (χ4n) is 4.39. The molecule has 1 unspecified atom stereocenters. The van der Waals surface area contributed by atoms with Gasteiger partial charge >= 0.3 is 11.9 Å². The quantitative estimate of drug-likeness (QED) is 0.391. The van der Waals surface area contributed by atoms with E-state index in [0.29, 0.717) is 35.6 Å². The maximum Gasteiger partial charge on any atom is 0.341 e. The first-order chi connectivity index (χ1) is 17.7. The van der Waals surface area contributed by atoms with Gasteiger partial charge in [0.05, 0.1) is 18.0 Å². The summed E-state index contributed by atoms with van der Waals surface area (Å²) in [5.74, 6) is -2.81. The maximum atomic E-state index is 15.0. The summed E-state index contributed by atoms with van der Waals surface area (Å²) < 4.78 is 22.3. The number of halogens is 1. The minimum Gasteiger partial charge on any atom is -0.492 e. The van der Waals surface area contributed by atoms with Gasteiger partial charge in [-0.1, -0.05) is 30.3 Å². The number of aromatic nitrogens is 1. The molecule has 2 aromatic carbocycles. The largest absolute Gasteiger partial charge is 0.492 e. The summed E-state index contributed by atoms with van der Waals surface area (Å²) in [5.41, 5.74) is 0.174. The lowest BCUT2D eigenvalue weighted by Gasteiger charge is -2.31. The number of aromatic carboxylic acids is 1. The summed E-state index contributed by atoms with van der Waals surface area (Å²) in [6.07, 6.45) is 1.74. The van der Waals surface area contributed by atoms with E-state index in [2.05, 4.69) is 5.32 Å². The highest BCUT2D eigenvalue weighted by Gasteiger charge is 2.31. The Bertz CT molecular complexity index is 1370. The molecular weight excluding hydrogens is 485 g/mol. The van der Waals surface area contributed by atoms with Gasteiger partial charge in [-0.2, -0.15) is 0 Å². The standard InChI is InChI=1S/C18H20FN3O4.C8H8O3/c1-26-17-14-11(8-13(19)15(17)21-6-4-20-5-7-21)16(23)12(18(24)25)9-22(14)10-2-3-10;9-7(8(10)11)6-4-2-1-3-5-6/h8-10,20H,2-7H2,1H3,(H,24,25);1-5,7,9H,(H,10,11). The van der Waals surface area contributed by atoms with Gasteiger partial charge < -0.3 is 34.8 Å². The van der Waals surface area contributed by atoms with Crippen molar-refractivity contribution in [3.05, 3.63) is 69.8 Å². The highest BCUT2D eigenvalue weighted by molar-refractivity contribution is 5.97. The number of nitrogens with zero attached hydrogens (tertiary/aromatic N) is 2. The number of anilines is 1. The lowest BCUT2D eigenvalue weighted by Crippen LogP contribution is -2.44. The van der Waals surface area contributed by atoms with Crippen molar-refractivity contribution in [1.29, 1.82) is 0 Å². The molecule has 10 nitrogen and oxygen atoms in total. The molecule has 2 aliphatic rings. The van der Waals surface area contributed by atoms with E-state index < -0.39 is 29.3 Å². The molecule has 196 valence electrons. The number of aliphatic hydroxyl groups excluding tert-OH is 1. The second kappa shape index (κ2) is 11.0. The van der Waals surface area contributed by atoms with E-state index >= 15 is 0 Å². The van der Waals surface area contributed by atoms with E-state index in [4.69, 9.17) is 14.9 Å². The van der Waals surface area contributed by atoms with Crippen LogP contribution in [0.3, 0.4) is 0 Å². The van der Waals surface area contributed by atoms with Gasteiger partial charge in [-0.05, 0) is 24.5 Å². The number of nitrogens with one attached hydrogen (secondary N) is 1. The molecule has 1 atom stereocenters. The van der Waals surface area contributed by atoms with Crippen molar-refractivity contribution in [3.63, 3.8) is 0 Å². The fraction of sp³-hybridized carbons (Fsp3) is 0.346. The van der Waals surface area contributed by atoms with Crippen LogP contribution in [0.25, 0.3) is 10.9 Å². The van der Waals surface area contributed by atoms with Gasteiger partial charge in [0.2, 0.25) is 5.43 Å². The minimum atomic E-state index is -1.41. The first kappa shape index (κ1) is 26.1. The van der Waals surface area contributed by atoms with Gasteiger partial charge in [0.15, 0.2) is 17.7 Å². The Hall–Kier alpha value is -3.96. The third-order valence-corrected chi connectivity index (χ3v) is 6.36. The molecule has 1 saturated heterocycles. The normalized spacial score (nSPS) is 16.0. The topological polar surface area (TPSA) is 141 Å². The third-order valence-electron chi connectivity index (χ3n) is 6.36. The van der Waals surface area contributed by atoms with E-state index in [1.165, 1.54) is 13.3 Å². The number of piperazine rings is 1. The SMILES string of the molecule is COc1c(N2CCNCC2)c(F)cc2c(=O)c(C(=O)O)cn(C3CC3)c12.O=C(O)C(O)c1ccccc1. The van der Waals surface area contributed by atoms with E-state index in [9.17, 15) is 23.9 Å². The average Bonchev–Trinajstić information content (AvgIpc) is 3.74. The number of rotatable bonds is 6. The van der Waals surface area contributed by atoms with Crippen LogP contribution in [0.1, 0.15) is 40.9 Å². The third kappa shape index (κ3) is 5.42. The molecule has 1 saturated carbocycles. The Balaban J connectivity index is 0.000000245. The summed E-state index contributed by atoms with van der Waals surface area (Å²) in [5, 5.41) is 30.0. The van der Waals surface area contributed by atoms with Crippen molar-refractivity contribution in [2.24, 2.45) is 0 Å². The average molecular weight is 514 g/mol. The molecule has 5 rings (SSSR count). The molecule has 0 amide bonds. The number of hydrogen-bond donors (Lipinski definition) is 4. The highest BCUT2D eigenvalue weighted by atomic mass is 19.1. The van der Waals surface area contributed by atoms with Gasteiger partial charge in [-0.15, -0.1) is 0 Å². The Morgan fingerprint density at radius 2 is 1.78 bits per heavy atom. The van der Waals surface area contributed by atoms with E-state index in [1.807, 2.05) is 4.90 Å². The number of methoxy groups -OCH3 is 1. The predicted molar refractivity (Wildman–Crippen MR) is 134 cm³/mol. The number of fused-ring (bicyclic) bond motifs is 1. The summed E-state index contributed by atoms with van der Waals surface area (Å²) >= 11 is 0. The first-order valence-corrected chi connectivity index (χ1v) is 11.8. The molecule has 1 aliphatic heterocycles. The molecule has 2 fully saturated rings. The minimum absolute atomic E-state index is 0.0463. The first-order valence-electron chi connectivity index (χ1n) is 11.8. The maximum absolute atomic E-state index is 15.0. The molecule has 4 N–H and O–H groups in total. The fourth-order valence-corrected chi connectivity index (χ4v) is 4.39. The smallest absolute Gasteiger partial charge is 0.341 e. The van der Waals surface area contributed by atoms with Crippen molar-refractivity contribution in [3.8, 4) is 5.75 Å². The van der Waals surface area contributed by atoms with Crippen LogP contribution >= 0.6 is 0 Å². The zero-order valence-electron chi connectivity index (χ0n) is 20.2. The second-order valence-corrected chi connectivity index (χ2v) is 8.84. The summed E-state index contributed by atoms with van der Waals surface area (Å²) in [6.45, 7) is 2.71. The summed E-state index contributed by atoms with van der Waals surface area (Å²) in [7, 11) is 1.45. The number of aliphatic hydroxyl groups is 1. The second-order valence-electron chi connectivity index (χ2n) is 8.84. The monoisotopic (exact) mass is 513 g/mol. The van der Waals surface area contributed by atoms with Crippen LogP contribution in [-0.4, -0.2) is 65.1 Å². The number of aliphatic carboxylic acids is 1. The predicted octanol–water partition coefficient (Wildman–Crippen LogP) is 2.40. The van der Waals surface area contributed by atoms with Gasteiger partial charge in [-0.3, -0.25) is 4.79 Å². The number of carboxylic acid groups (broad SMARTS) is 2. The van der Waals surface area contributed by atoms with Crippen molar-refractivity contribution in [2.75, 3.05) is 38.2 Å². The summed E-state index contributed by atoms with van der Waals surface area (Å²) in [6, 6.07) is 9.52. The van der Waals surface area contributed by atoms with Crippen LogP contribution in [0.2, 0.25) is 0 Å². The van der Waals surface area contributed by atoms with Crippen molar-refractivity contribution in [1.82, 2.24) is 9.88 Å².